The number of rotatable bonds is 2. The molecule has 0 bridgehead atoms. The van der Waals surface area contributed by atoms with Crippen molar-refractivity contribution >= 4 is 0 Å². The summed E-state index contributed by atoms with van der Waals surface area (Å²) in [4.78, 5) is 1.77. The van der Waals surface area contributed by atoms with E-state index in [9.17, 15) is 17.6 Å². The second-order valence-corrected chi connectivity index (χ2v) is 4.68. The van der Waals surface area contributed by atoms with Crippen LogP contribution in [0.2, 0.25) is 0 Å². The van der Waals surface area contributed by atoms with Crippen LogP contribution in [0.4, 0.5) is 17.6 Å². The van der Waals surface area contributed by atoms with Crippen LogP contribution < -0.4 is 5.73 Å². The van der Waals surface area contributed by atoms with E-state index >= 15 is 0 Å². The summed E-state index contributed by atoms with van der Waals surface area (Å²) in [6.07, 6.45) is 0.508. The molecule has 1 aromatic rings. The van der Waals surface area contributed by atoms with Crippen molar-refractivity contribution in [1.29, 1.82) is 0 Å². The third-order valence-corrected chi connectivity index (χ3v) is 3.46. The van der Waals surface area contributed by atoms with Crippen molar-refractivity contribution in [3.05, 3.63) is 34.9 Å². The molecule has 1 aliphatic rings. The molecule has 1 aliphatic heterocycles. The highest BCUT2D eigenvalue weighted by atomic mass is 19.2. The lowest BCUT2D eigenvalue weighted by Crippen LogP contribution is -2.21. The minimum atomic E-state index is -1.77. The minimum absolute atomic E-state index is 0.148. The number of hydrogen-bond donors (Lipinski definition) is 1. The molecule has 1 saturated heterocycles. The molecule has 18 heavy (non-hydrogen) atoms. The van der Waals surface area contributed by atoms with Gasteiger partial charge in [0, 0.05) is 18.2 Å². The van der Waals surface area contributed by atoms with E-state index in [0.717, 1.165) is 6.07 Å². The third-order valence-electron chi connectivity index (χ3n) is 3.46. The van der Waals surface area contributed by atoms with E-state index < -0.39 is 29.3 Å². The van der Waals surface area contributed by atoms with E-state index in [0.29, 0.717) is 19.5 Å². The molecule has 1 fully saturated rings. The van der Waals surface area contributed by atoms with E-state index in [2.05, 4.69) is 0 Å². The molecule has 2 atom stereocenters. The average molecular weight is 262 g/mol. The zero-order valence-corrected chi connectivity index (χ0v) is 9.89. The summed E-state index contributed by atoms with van der Waals surface area (Å²) in [5, 5.41) is 0. The van der Waals surface area contributed by atoms with E-state index in [1.54, 1.807) is 11.9 Å². The fourth-order valence-electron chi connectivity index (χ4n) is 2.47. The van der Waals surface area contributed by atoms with Gasteiger partial charge in [-0.2, -0.15) is 0 Å². The molecule has 2 rings (SSSR count). The van der Waals surface area contributed by atoms with Crippen LogP contribution in [0.5, 0.6) is 0 Å². The van der Waals surface area contributed by atoms with Crippen molar-refractivity contribution in [3.63, 3.8) is 0 Å². The number of likely N-dealkylation sites (tertiary alicyclic amines) is 1. The molecule has 100 valence electrons. The topological polar surface area (TPSA) is 29.3 Å². The maximum Gasteiger partial charge on any atom is 0.197 e. The van der Waals surface area contributed by atoms with Gasteiger partial charge in [0.1, 0.15) is 0 Å². The number of benzene rings is 1. The van der Waals surface area contributed by atoms with Gasteiger partial charge in [-0.05, 0) is 32.0 Å². The highest BCUT2D eigenvalue weighted by Gasteiger charge is 2.33. The third kappa shape index (κ3) is 2.10. The highest BCUT2D eigenvalue weighted by molar-refractivity contribution is 5.26. The highest BCUT2D eigenvalue weighted by Crippen LogP contribution is 2.36. The summed E-state index contributed by atoms with van der Waals surface area (Å²) in [7, 11) is 1.72. The number of nitrogens with zero attached hydrogens (tertiary/aromatic N) is 1. The smallest absolute Gasteiger partial charge is 0.197 e. The lowest BCUT2D eigenvalue weighted by atomic mass is 9.99. The van der Waals surface area contributed by atoms with Gasteiger partial charge in [-0.1, -0.05) is 0 Å². The number of nitrogens with two attached hydrogens (primary N) is 1. The minimum Gasteiger partial charge on any atom is -0.330 e. The van der Waals surface area contributed by atoms with Crippen molar-refractivity contribution in [2.75, 3.05) is 20.1 Å². The molecule has 2 unspecified atom stereocenters. The largest absolute Gasteiger partial charge is 0.330 e. The average Bonchev–Trinajstić information content (AvgIpc) is 2.72. The van der Waals surface area contributed by atoms with Gasteiger partial charge in [0.15, 0.2) is 23.3 Å². The molecule has 0 saturated carbocycles. The molecule has 0 radical (unpaired) electrons. The first-order chi connectivity index (χ1) is 8.45. The van der Waals surface area contributed by atoms with Gasteiger partial charge in [0.25, 0.3) is 0 Å². The molecular weight excluding hydrogens is 248 g/mol. The van der Waals surface area contributed by atoms with E-state index in [1.165, 1.54) is 0 Å². The van der Waals surface area contributed by atoms with Crippen molar-refractivity contribution < 1.29 is 17.6 Å². The molecule has 2 nitrogen and oxygen atoms in total. The molecule has 1 heterocycles. The van der Waals surface area contributed by atoms with Gasteiger partial charge in [0.05, 0.1) is 0 Å². The monoisotopic (exact) mass is 262 g/mol. The van der Waals surface area contributed by atoms with Crippen LogP contribution in [0.15, 0.2) is 6.07 Å². The predicted octanol–water partition coefficient (Wildman–Crippen LogP) is 2.19. The van der Waals surface area contributed by atoms with Crippen molar-refractivity contribution in [2.24, 2.45) is 11.7 Å². The van der Waals surface area contributed by atoms with Crippen LogP contribution in [0.1, 0.15) is 18.0 Å². The summed E-state index contributed by atoms with van der Waals surface area (Å²) >= 11 is 0. The van der Waals surface area contributed by atoms with E-state index in [-0.39, 0.29) is 11.5 Å². The van der Waals surface area contributed by atoms with Gasteiger partial charge in [-0.25, -0.2) is 17.6 Å². The molecule has 1 aromatic carbocycles. The zero-order valence-electron chi connectivity index (χ0n) is 9.89. The van der Waals surface area contributed by atoms with Crippen LogP contribution in [-0.2, 0) is 0 Å². The Labute approximate surface area is 102 Å². The van der Waals surface area contributed by atoms with E-state index in [4.69, 9.17) is 5.73 Å². The lowest BCUT2D eigenvalue weighted by Gasteiger charge is -2.20. The molecule has 0 amide bonds. The Hall–Kier alpha value is -1.14. The number of halogens is 4. The van der Waals surface area contributed by atoms with Crippen molar-refractivity contribution in [3.8, 4) is 0 Å². The predicted molar refractivity (Wildman–Crippen MR) is 58.8 cm³/mol. The van der Waals surface area contributed by atoms with Gasteiger partial charge >= 0.3 is 0 Å². The first kappa shape index (κ1) is 13.3. The van der Waals surface area contributed by atoms with Gasteiger partial charge in [-0.3, -0.25) is 4.90 Å². The molecular formula is C12H14F4N2. The Bertz CT molecular complexity index is 464. The van der Waals surface area contributed by atoms with Crippen LogP contribution in [0.3, 0.4) is 0 Å². The van der Waals surface area contributed by atoms with Crippen molar-refractivity contribution in [2.45, 2.75) is 12.5 Å². The normalized spacial score (nSPS) is 24.8. The molecule has 6 heteroatoms. The van der Waals surface area contributed by atoms with Crippen LogP contribution in [0.25, 0.3) is 0 Å². The number of hydrogen-bond acceptors (Lipinski definition) is 2. The van der Waals surface area contributed by atoms with E-state index in [1.807, 2.05) is 0 Å². The summed E-state index contributed by atoms with van der Waals surface area (Å²) in [5.74, 6) is -6.06. The van der Waals surface area contributed by atoms with Gasteiger partial charge in [-0.15, -0.1) is 0 Å². The first-order valence-electron chi connectivity index (χ1n) is 5.68. The van der Waals surface area contributed by atoms with Crippen LogP contribution in [-0.4, -0.2) is 25.0 Å². The summed E-state index contributed by atoms with van der Waals surface area (Å²) in [6.45, 7) is 1.05. The fraction of sp³-hybridized carbons (Fsp3) is 0.500. The Morgan fingerprint density at radius 1 is 1.22 bits per heavy atom. The summed E-state index contributed by atoms with van der Waals surface area (Å²) in [5.41, 5.74) is 5.38. The van der Waals surface area contributed by atoms with Gasteiger partial charge in [0.2, 0.25) is 0 Å². The Morgan fingerprint density at radius 3 is 2.44 bits per heavy atom. The van der Waals surface area contributed by atoms with Crippen LogP contribution in [0, 0.1) is 29.2 Å². The molecule has 0 aromatic heterocycles. The first-order valence-corrected chi connectivity index (χ1v) is 5.68. The van der Waals surface area contributed by atoms with Gasteiger partial charge < -0.3 is 5.73 Å². The Kier molecular flexibility index (Phi) is 3.59. The quantitative estimate of drug-likeness (QED) is 0.503. The lowest BCUT2D eigenvalue weighted by molar-refractivity contribution is 0.299. The molecule has 0 spiro atoms. The standard InChI is InChI=1S/C12H14F4N2/c1-18-5-6(4-17)2-9(18)7-3-8(13)11(15)12(16)10(7)14/h3,6,9H,2,4-5,17H2,1H3. The Morgan fingerprint density at radius 2 is 1.89 bits per heavy atom. The maximum absolute atomic E-state index is 13.7. The molecule has 2 N–H and O–H groups in total. The second kappa shape index (κ2) is 4.85. The zero-order chi connectivity index (χ0) is 13.4. The van der Waals surface area contributed by atoms with Crippen molar-refractivity contribution in [1.82, 2.24) is 4.90 Å². The SMILES string of the molecule is CN1CC(CN)CC1c1cc(F)c(F)c(F)c1F. The Balaban J connectivity index is 2.40. The molecule has 0 aliphatic carbocycles. The van der Waals surface area contributed by atoms with Crippen LogP contribution >= 0.6 is 0 Å². The second-order valence-electron chi connectivity index (χ2n) is 4.68. The fourth-order valence-corrected chi connectivity index (χ4v) is 2.47. The summed E-state index contributed by atoms with van der Waals surface area (Å²) < 4.78 is 52.9. The summed E-state index contributed by atoms with van der Waals surface area (Å²) in [6, 6.07) is 0.261. The maximum atomic E-state index is 13.7.